The van der Waals surface area contributed by atoms with E-state index in [1.165, 1.54) is 31.2 Å². The first kappa shape index (κ1) is 14.5. The molecule has 0 aliphatic heterocycles. The highest BCUT2D eigenvalue weighted by Gasteiger charge is 2.17. The molecule has 0 amide bonds. The third kappa shape index (κ3) is 2.17. The Morgan fingerprint density at radius 3 is 2.62 bits per heavy atom. The Morgan fingerprint density at radius 1 is 1.00 bits per heavy atom. The Labute approximate surface area is 144 Å². The van der Waals surface area contributed by atoms with Crippen LogP contribution in [0.5, 0.6) is 5.75 Å². The van der Waals surface area contributed by atoms with Crippen LogP contribution < -0.4 is 33.3 Å². The van der Waals surface area contributed by atoms with Crippen LogP contribution in [0.1, 0.15) is 0 Å². The number of hydrogen-bond acceptors (Lipinski definition) is 2. The Morgan fingerprint density at radius 2 is 1.81 bits per heavy atom. The van der Waals surface area contributed by atoms with Crippen molar-refractivity contribution in [2.45, 2.75) is 0 Å². The first-order chi connectivity index (χ1) is 9.78. The minimum absolute atomic E-state index is 0. The molecule has 0 atom stereocenters. The van der Waals surface area contributed by atoms with Gasteiger partial charge in [0.05, 0.1) is 17.9 Å². The van der Waals surface area contributed by atoms with Gasteiger partial charge in [-0.3, -0.25) is 0 Å². The highest BCUT2D eigenvalue weighted by Crippen LogP contribution is 2.33. The van der Waals surface area contributed by atoms with E-state index in [2.05, 4.69) is 54.1 Å². The molecule has 0 unspecified atom stereocenters. The number of aromatic nitrogens is 1. The van der Waals surface area contributed by atoms with Gasteiger partial charge >= 0.3 is 0 Å². The number of benzene rings is 2. The van der Waals surface area contributed by atoms with E-state index in [1.54, 1.807) is 7.11 Å². The Balaban J connectivity index is 0.00000132. The normalized spacial score (nSPS) is 11.0. The second kappa shape index (κ2) is 5.42. The molecule has 2 heterocycles. The fraction of sp³-hybridized carbons (Fsp3) is 0.118. The van der Waals surface area contributed by atoms with Crippen LogP contribution in [0.2, 0.25) is 0 Å². The number of thiophene rings is 1. The predicted molar refractivity (Wildman–Crippen MR) is 84.6 cm³/mol. The van der Waals surface area contributed by atoms with Gasteiger partial charge in [-0.15, -0.1) is 11.3 Å². The summed E-state index contributed by atoms with van der Waals surface area (Å²) in [5, 5.41) is 2.54. The SMILES string of the molecule is COc1ccc2c(c1)cc1sc3ccccc3c1[n+]2C.[I-]. The van der Waals surface area contributed by atoms with Crippen LogP contribution in [0.25, 0.3) is 31.2 Å². The average molecular weight is 407 g/mol. The van der Waals surface area contributed by atoms with E-state index < -0.39 is 0 Å². The van der Waals surface area contributed by atoms with E-state index >= 15 is 0 Å². The molecule has 0 radical (unpaired) electrons. The van der Waals surface area contributed by atoms with Gasteiger partial charge in [0.2, 0.25) is 11.0 Å². The van der Waals surface area contributed by atoms with Gasteiger partial charge in [0.1, 0.15) is 17.5 Å². The van der Waals surface area contributed by atoms with Gasteiger partial charge < -0.3 is 28.7 Å². The molecule has 0 aliphatic rings. The highest BCUT2D eigenvalue weighted by molar-refractivity contribution is 7.25. The van der Waals surface area contributed by atoms with Crippen molar-refractivity contribution in [3.05, 3.63) is 48.5 Å². The largest absolute Gasteiger partial charge is 1.00 e. The van der Waals surface area contributed by atoms with Crippen LogP contribution in [0.4, 0.5) is 0 Å². The van der Waals surface area contributed by atoms with Crippen molar-refractivity contribution < 1.29 is 33.3 Å². The third-order valence-electron chi connectivity index (χ3n) is 3.81. The Hall–Kier alpha value is -1.40. The summed E-state index contributed by atoms with van der Waals surface area (Å²) in [7, 11) is 3.84. The lowest BCUT2D eigenvalue weighted by Crippen LogP contribution is -3.00. The average Bonchev–Trinajstić information content (AvgIpc) is 2.85. The molecule has 0 fully saturated rings. The van der Waals surface area contributed by atoms with Crippen molar-refractivity contribution in [1.82, 2.24) is 0 Å². The number of methoxy groups -OCH3 is 1. The molecule has 106 valence electrons. The van der Waals surface area contributed by atoms with Crippen molar-refractivity contribution >= 4 is 42.5 Å². The number of fused-ring (bicyclic) bond motifs is 4. The van der Waals surface area contributed by atoms with Crippen molar-refractivity contribution in [3.63, 3.8) is 0 Å². The second-order valence-corrected chi connectivity index (χ2v) is 6.02. The first-order valence-electron chi connectivity index (χ1n) is 6.56. The molecule has 2 nitrogen and oxygen atoms in total. The zero-order valence-electron chi connectivity index (χ0n) is 11.8. The van der Waals surface area contributed by atoms with Gasteiger partial charge in [-0.1, -0.05) is 12.1 Å². The lowest BCUT2D eigenvalue weighted by atomic mass is 10.1. The number of hydrogen-bond donors (Lipinski definition) is 0. The molecule has 4 heteroatoms. The summed E-state index contributed by atoms with van der Waals surface area (Å²) in [4.78, 5) is 0. The van der Waals surface area contributed by atoms with Gasteiger partial charge in [0, 0.05) is 10.8 Å². The monoisotopic (exact) mass is 407 g/mol. The van der Waals surface area contributed by atoms with Crippen LogP contribution in [0.3, 0.4) is 0 Å². The van der Waals surface area contributed by atoms with Crippen LogP contribution in [0, 0.1) is 0 Å². The number of pyridine rings is 1. The summed E-state index contributed by atoms with van der Waals surface area (Å²) in [6, 6.07) is 17.1. The summed E-state index contributed by atoms with van der Waals surface area (Å²) < 4.78 is 10.3. The summed E-state index contributed by atoms with van der Waals surface area (Å²) in [5.74, 6) is 0.901. The van der Waals surface area contributed by atoms with E-state index in [4.69, 9.17) is 4.74 Å². The van der Waals surface area contributed by atoms with Gasteiger partial charge in [0.15, 0.2) is 0 Å². The number of halogens is 1. The number of ether oxygens (including phenoxy) is 1. The molecule has 2 aromatic carbocycles. The molecule has 0 aliphatic carbocycles. The lowest BCUT2D eigenvalue weighted by molar-refractivity contribution is -0.616. The van der Waals surface area contributed by atoms with Gasteiger partial charge in [-0.2, -0.15) is 4.57 Å². The smallest absolute Gasteiger partial charge is 0.231 e. The van der Waals surface area contributed by atoms with E-state index in [0.29, 0.717) is 0 Å². The Bertz CT molecular complexity index is 961. The molecule has 4 aromatic rings. The zero-order valence-corrected chi connectivity index (χ0v) is 14.7. The van der Waals surface area contributed by atoms with E-state index in [9.17, 15) is 0 Å². The van der Waals surface area contributed by atoms with Gasteiger partial charge in [-0.05, 0) is 30.3 Å². The van der Waals surface area contributed by atoms with Gasteiger partial charge in [0.25, 0.3) is 0 Å². The molecule has 4 rings (SSSR count). The second-order valence-electron chi connectivity index (χ2n) is 4.94. The number of aryl methyl sites for hydroxylation is 1. The van der Waals surface area contributed by atoms with Crippen molar-refractivity contribution in [2.75, 3.05) is 7.11 Å². The Kier molecular flexibility index (Phi) is 3.75. The van der Waals surface area contributed by atoms with E-state index in [-0.39, 0.29) is 24.0 Å². The molecule has 2 aromatic heterocycles. The van der Waals surface area contributed by atoms with Crippen molar-refractivity contribution in [2.24, 2.45) is 7.05 Å². The number of nitrogens with zero attached hydrogens (tertiary/aromatic N) is 1. The van der Waals surface area contributed by atoms with Crippen molar-refractivity contribution in [1.29, 1.82) is 0 Å². The maximum Gasteiger partial charge on any atom is 0.231 e. The van der Waals surface area contributed by atoms with Gasteiger partial charge in [-0.25, -0.2) is 0 Å². The molecule has 0 bridgehead atoms. The quantitative estimate of drug-likeness (QED) is 0.340. The molecule has 21 heavy (non-hydrogen) atoms. The minimum Gasteiger partial charge on any atom is -1.00 e. The maximum absolute atomic E-state index is 5.33. The molecule has 0 saturated carbocycles. The standard InChI is InChI=1S/C17H14NOS.HI/c1-18-14-8-7-12(19-2)9-11(14)10-16-17(18)13-5-3-4-6-15(13)20-16;/h3-10H,1-2H3;1H/q+1;/p-1. The molecular weight excluding hydrogens is 393 g/mol. The third-order valence-corrected chi connectivity index (χ3v) is 4.92. The van der Waals surface area contributed by atoms with Crippen LogP contribution >= 0.6 is 11.3 Å². The van der Waals surface area contributed by atoms with Crippen molar-refractivity contribution in [3.8, 4) is 5.75 Å². The fourth-order valence-electron chi connectivity index (χ4n) is 2.84. The fourth-order valence-corrected chi connectivity index (χ4v) is 4.02. The van der Waals surface area contributed by atoms with Crippen LogP contribution in [0.15, 0.2) is 48.5 Å². The van der Waals surface area contributed by atoms with Crippen LogP contribution in [-0.4, -0.2) is 7.11 Å². The van der Waals surface area contributed by atoms with E-state index in [1.807, 2.05) is 17.4 Å². The summed E-state index contributed by atoms with van der Waals surface area (Å²) in [6.45, 7) is 0. The zero-order chi connectivity index (χ0) is 13.7. The minimum atomic E-state index is 0. The molecule has 0 N–H and O–H groups in total. The molecule has 0 saturated heterocycles. The topological polar surface area (TPSA) is 13.1 Å². The summed E-state index contributed by atoms with van der Waals surface area (Å²) in [6.07, 6.45) is 0. The predicted octanol–water partition coefficient (Wildman–Crippen LogP) is 1.04. The van der Waals surface area contributed by atoms with Crippen LogP contribution in [-0.2, 0) is 7.05 Å². The number of rotatable bonds is 1. The summed E-state index contributed by atoms with van der Waals surface area (Å²) in [5.41, 5.74) is 2.53. The maximum atomic E-state index is 5.33. The lowest BCUT2D eigenvalue weighted by Gasteiger charge is -2.02. The highest BCUT2D eigenvalue weighted by atomic mass is 127. The first-order valence-corrected chi connectivity index (χ1v) is 7.37. The summed E-state index contributed by atoms with van der Waals surface area (Å²) >= 11 is 1.84. The van der Waals surface area contributed by atoms with E-state index in [0.717, 1.165) is 5.75 Å². The molecule has 0 spiro atoms. The molecular formula is C17H14INOS.